The summed E-state index contributed by atoms with van der Waals surface area (Å²) in [7, 11) is 0. The highest BCUT2D eigenvalue weighted by atomic mass is 16.2. The molecular formula is C26H24N4O. The molecule has 1 saturated carbocycles. The summed E-state index contributed by atoms with van der Waals surface area (Å²) in [4.78, 5) is 21.0. The lowest BCUT2D eigenvalue weighted by molar-refractivity contribution is -0.117. The summed E-state index contributed by atoms with van der Waals surface area (Å²) in [6.45, 7) is 1.60. The van der Waals surface area contributed by atoms with Crippen molar-refractivity contribution in [2.24, 2.45) is 5.92 Å². The van der Waals surface area contributed by atoms with Crippen LogP contribution in [0, 0.1) is 5.92 Å². The van der Waals surface area contributed by atoms with Gasteiger partial charge in [0.05, 0.1) is 0 Å². The molecule has 0 unspecified atom stereocenters. The topological polar surface area (TPSA) is 66.9 Å². The van der Waals surface area contributed by atoms with Crippen LogP contribution in [0.3, 0.4) is 0 Å². The summed E-state index contributed by atoms with van der Waals surface area (Å²) >= 11 is 0. The Balaban J connectivity index is 1.14. The fourth-order valence-electron chi connectivity index (χ4n) is 3.99. The van der Waals surface area contributed by atoms with Crippen LogP contribution < -0.4 is 10.6 Å². The van der Waals surface area contributed by atoms with Crippen molar-refractivity contribution in [1.29, 1.82) is 0 Å². The van der Waals surface area contributed by atoms with Gasteiger partial charge in [-0.05, 0) is 58.7 Å². The maximum Gasteiger partial charge on any atom is 0.228 e. The number of fused-ring (bicyclic) bond motifs is 1. The predicted molar refractivity (Wildman–Crippen MR) is 122 cm³/mol. The lowest BCUT2D eigenvalue weighted by Crippen LogP contribution is -2.14. The first-order valence-corrected chi connectivity index (χ1v) is 10.6. The molecule has 0 radical (unpaired) electrons. The third-order valence-corrected chi connectivity index (χ3v) is 5.82. The Bertz CT molecular complexity index is 1190. The number of benzene rings is 2. The number of carbonyl (C=O) groups is 1. The van der Waals surface area contributed by atoms with Gasteiger partial charge in [0.15, 0.2) is 0 Å². The number of hydrogen-bond donors (Lipinski definition) is 2. The normalized spacial score (nSPS) is 17.4. The molecule has 0 bridgehead atoms. The number of hydrogen-bond acceptors (Lipinski definition) is 4. The molecule has 2 aromatic carbocycles. The van der Waals surface area contributed by atoms with E-state index in [4.69, 9.17) is 0 Å². The SMILES string of the molecule is O=C(Nc1ccc2cnccc2c1)[C@@H]1C[C@H]1c1ccc(CNCc2cccnc2)cc1. The first-order chi connectivity index (χ1) is 15.3. The average molecular weight is 409 g/mol. The van der Waals surface area contributed by atoms with Crippen LogP contribution in [0.4, 0.5) is 5.69 Å². The van der Waals surface area contributed by atoms with Crippen LogP contribution in [0.25, 0.3) is 10.8 Å². The predicted octanol–water partition coefficient (Wildman–Crippen LogP) is 4.66. The summed E-state index contributed by atoms with van der Waals surface area (Å²) < 4.78 is 0. The van der Waals surface area contributed by atoms with Gasteiger partial charge in [-0.1, -0.05) is 36.4 Å². The van der Waals surface area contributed by atoms with Crippen molar-refractivity contribution in [3.63, 3.8) is 0 Å². The van der Waals surface area contributed by atoms with Gasteiger partial charge in [-0.2, -0.15) is 0 Å². The molecule has 0 saturated heterocycles. The first kappa shape index (κ1) is 19.4. The van der Waals surface area contributed by atoms with Crippen LogP contribution >= 0.6 is 0 Å². The first-order valence-electron chi connectivity index (χ1n) is 10.6. The van der Waals surface area contributed by atoms with Gasteiger partial charge in [0, 0.05) is 54.9 Å². The second kappa shape index (κ2) is 8.66. The van der Waals surface area contributed by atoms with Crippen LogP contribution in [-0.2, 0) is 17.9 Å². The molecule has 5 nitrogen and oxygen atoms in total. The van der Waals surface area contributed by atoms with Gasteiger partial charge in [-0.25, -0.2) is 0 Å². The molecule has 2 atom stereocenters. The molecule has 2 aromatic heterocycles. The zero-order valence-electron chi connectivity index (χ0n) is 17.2. The third-order valence-electron chi connectivity index (χ3n) is 5.82. The largest absolute Gasteiger partial charge is 0.326 e. The average Bonchev–Trinajstić information content (AvgIpc) is 3.61. The molecule has 0 aliphatic heterocycles. The number of nitrogens with one attached hydrogen (secondary N) is 2. The van der Waals surface area contributed by atoms with Crippen molar-refractivity contribution in [1.82, 2.24) is 15.3 Å². The van der Waals surface area contributed by atoms with E-state index in [0.717, 1.165) is 36.0 Å². The van der Waals surface area contributed by atoms with E-state index < -0.39 is 0 Å². The molecule has 5 rings (SSSR count). The van der Waals surface area contributed by atoms with E-state index in [1.165, 1.54) is 16.7 Å². The van der Waals surface area contributed by atoms with Crippen molar-refractivity contribution < 1.29 is 4.79 Å². The van der Waals surface area contributed by atoms with Gasteiger partial charge in [0.2, 0.25) is 5.91 Å². The molecule has 0 spiro atoms. The smallest absolute Gasteiger partial charge is 0.228 e. The van der Waals surface area contributed by atoms with Gasteiger partial charge in [0.25, 0.3) is 0 Å². The Morgan fingerprint density at radius 2 is 1.71 bits per heavy atom. The maximum atomic E-state index is 12.7. The minimum Gasteiger partial charge on any atom is -0.326 e. The van der Waals surface area contributed by atoms with Crippen LogP contribution in [-0.4, -0.2) is 15.9 Å². The van der Waals surface area contributed by atoms with Gasteiger partial charge < -0.3 is 10.6 Å². The van der Waals surface area contributed by atoms with Gasteiger partial charge >= 0.3 is 0 Å². The van der Waals surface area contributed by atoms with Gasteiger partial charge in [-0.3, -0.25) is 14.8 Å². The summed E-state index contributed by atoms with van der Waals surface area (Å²) in [5, 5.41) is 8.66. The highest BCUT2D eigenvalue weighted by molar-refractivity contribution is 5.97. The molecule has 5 heteroatoms. The summed E-state index contributed by atoms with van der Waals surface area (Å²) in [6.07, 6.45) is 8.16. The van der Waals surface area contributed by atoms with Crippen molar-refractivity contribution in [3.8, 4) is 0 Å². The molecule has 154 valence electrons. The number of nitrogens with zero attached hydrogens (tertiary/aromatic N) is 2. The molecule has 2 N–H and O–H groups in total. The molecule has 4 aromatic rings. The highest BCUT2D eigenvalue weighted by Gasteiger charge is 2.43. The number of pyridine rings is 2. The lowest BCUT2D eigenvalue weighted by Gasteiger charge is -2.08. The number of carbonyl (C=O) groups excluding carboxylic acids is 1. The van der Waals surface area contributed by atoms with E-state index in [1.54, 1.807) is 12.4 Å². The van der Waals surface area contributed by atoms with E-state index in [2.05, 4.69) is 50.9 Å². The Morgan fingerprint density at radius 3 is 2.55 bits per heavy atom. The monoisotopic (exact) mass is 408 g/mol. The minimum absolute atomic E-state index is 0.0442. The lowest BCUT2D eigenvalue weighted by atomic mass is 10.1. The quantitative estimate of drug-likeness (QED) is 0.467. The van der Waals surface area contributed by atoms with Crippen molar-refractivity contribution in [2.45, 2.75) is 25.4 Å². The standard InChI is InChI=1S/C26H24N4O/c31-26(30-23-8-7-22-17-28-11-9-21(22)12-23)25-13-24(25)20-5-3-18(4-6-20)14-29-16-19-2-1-10-27-15-19/h1-12,15,17,24-25,29H,13-14,16H2,(H,30,31)/t24-,25+/m0/s1. The van der Waals surface area contributed by atoms with E-state index in [1.807, 2.05) is 42.7 Å². The van der Waals surface area contributed by atoms with Gasteiger partial charge in [0.1, 0.15) is 0 Å². The van der Waals surface area contributed by atoms with E-state index in [9.17, 15) is 4.79 Å². The highest BCUT2D eigenvalue weighted by Crippen LogP contribution is 2.48. The molecule has 2 heterocycles. The van der Waals surface area contributed by atoms with Crippen LogP contribution in [0.15, 0.2) is 85.5 Å². The summed E-state index contributed by atoms with van der Waals surface area (Å²) in [5.41, 5.74) is 4.49. The summed E-state index contributed by atoms with van der Waals surface area (Å²) in [5.74, 6) is 0.449. The number of rotatable bonds is 7. The molecule has 1 amide bonds. The summed E-state index contributed by atoms with van der Waals surface area (Å²) in [6, 6.07) is 20.5. The maximum absolute atomic E-state index is 12.7. The fraction of sp³-hybridized carbons (Fsp3) is 0.192. The zero-order chi connectivity index (χ0) is 21.0. The van der Waals surface area contributed by atoms with Crippen LogP contribution in [0.1, 0.15) is 29.0 Å². The number of aromatic nitrogens is 2. The van der Waals surface area contributed by atoms with Crippen LogP contribution in [0.2, 0.25) is 0 Å². The van der Waals surface area contributed by atoms with E-state index >= 15 is 0 Å². The third kappa shape index (κ3) is 4.62. The Labute approximate surface area is 181 Å². The molecule has 1 aliphatic carbocycles. The Hall–Kier alpha value is -3.57. The molecule has 1 aliphatic rings. The van der Waals surface area contributed by atoms with E-state index in [-0.39, 0.29) is 11.8 Å². The molecule has 31 heavy (non-hydrogen) atoms. The Kier molecular flexibility index (Phi) is 5.42. The molecule has 1 fully saturated rings. The van der Waals surface area contributed by atoms with Crippen molar-refractivity contribution >= 4 is 22.4 Å². The van der Waals surface area contributed by atoms with Crippen molar-refractivity contribution in [2.75, 3.05) is 5.32 Å². The van der Waals surface area contributed by atoms with Crippen molar-refractivity contribution in [3.05, 3.63) is 102 Å². The van der Waals surface area contributed by atoms with Gasteiger partial charge in [-0.15, -0.1) is 0 Å². The molecular weight excluding hydrogens is 384 g/mol. The number of amides is 1. The Morgan fingerprint density at radius 1 is 0.871 bits per heavy atom. The number of anilines is 1. The second-order valence-corrected chi connectivity index (χ2v) is 8.08. The fourth-order valence-corrected chi connectivity index (χ4v) is 3.99. The van der Waals surface area contributed by atoms with E-state index in [0.29, 0.717) is 5.92 Å². The second-order valence-electron chi connectivity index (χ2n) is 8.08. The minimum atomic E-state index is 0.0442. The van der Waals surface area contributed by atoms with Crippen LogP contribution in [0.5, 0.6) is 0 Å². The zero-order valence-corrected chi connectivity index (χ0v) is 17.2.